The SMILES string of the molecule is COc1cccnc1Sc1ccncc1N. The van der Waals surface area contributed by atoms with Crippen LogP contribution in [0.4, 0.5) is 5.69 Å². The van der Waals surface area contributed by atoms with E-state index < -0.39 is 0 Å². The van der Waals surface area contributed by atoms with Crippen LogP contribution in [0, 0.1) is 0 Å². The molecule has 0 unspecified atom stereocenters. The third kappa shape index (κ3) is 2.25. The van der Waals surface area contributed by atoms with E-state index >= 15 is 0 Å². The lowest BCUT2D eigenvalue weighted by molar-refractivity contribution is 0.401. The summed E-state index contributed by atoms with van der Waals surface area (Å²) in [4.78, 5) is 9.11. The lowest BCUT2D eigenvalue weighted by atomic mass is 10.4. The molecular weight excluding hydrogens is 222 g/mol. The molecule has 2 aromatic rings. The van der Waals surface area contributed by atoms with Crippen molar-refractivity contribution in [2.45, 2.75) is 9.92 Å². The average molecular weight is 233 g/mol. The van der Waals surface area contributed by atoms with Crippen LogP contribution in [-0.2, 0) is 0 Å². The number of aromatic nitrogens is 2. The Kier molecular flexibility index (Phi) is 3.26. The molecular formula is C11H11N3OS. The van der Waals surface area contributed by atoms with Crippen LogP contribution in [0.3, 0.4) is 0 Å². The van der Waals surface area contributed by atoms with E-state index in [1.807, 2.05) is 18.2 Å². The van der Waals surface area contributed by atoms with Crippen molar-refractivity contribution in [3.8, 4) is 5.75 Å². The number of nitrogens with zero attached hydrogens (tertiary/aromatic N) is 2. The quantitative estimate of drug-likeness (QED) is 0.880. The molecule has 2 heterocycles. The number of nitrogen functional groups attached to an aromatic ring is 1. The molecule has 0 bridgehead atoms. The van der Waals surface area contributed by atoms with Crippen molar-refractivity contribution in [2.24, 2.45) is 0 Å². The van der Waals surface area contributed by atoms with Gasteiger partial charge >= 0.3 is 0 Å². The molecule has 2 N–H and O–H groups in total. The third-order valence-electron chi connectivity index (χ3n) is 1.97. The fourth-order valence-electron chi connectivity index (χ4n) is 1.20. The summed E-state index contributed by atoms with van der Waals surface area (Å²) in [5.41, 5.74) is 6.45. The van der Waals surface area contributed by atoms with E-state index in [0.29, 0.717) is 5.69 Å². The summed E-state index contributed by atoms with van der Waals surface area (Å²) in [5, 5.41) is 0.794. The van der Waals surface area contributed by atoms with E-state index in [1.54, 1.807) is 25.7 Å². The molecule has 2 aromatic heterocycles. The zero-order chi connectivity index (χ0) is 11.4. The van der Waals surface area contributed by atoms with Gasteiger partial charge in [0, 0.05) is 17.3 Å². The largest absolute Gasteiger partial charge is 0.494 e. The standard InChI is InChI=1S/C11H11N3OS/c1-15-9-3-2-5-14-11(9)16-10-4-6-13-7-8(10)12/h2-7H,12H2,1H3. The first-order valence-electron chi connectivity index (χ1n) is 4.67. The number of rotatable bonds is 3. The summed E-state index contributed by atoms with van der Waals surface area (Å²) >= 11 is 1.46. The first-order valence-corrected chi connectivity index (χ1v) is 5.49. The van der Waals surface area contributed by atoms with Gasteiger partial charge in [-0.05, 0) is 18.2 Å². The molecule has 0 fully saturated rings. The van der Waals surface area contributed by atoms with E-state index in [-0.39, 0.29) is 0 Å². The van der Waals surface area contributed by atoms with Gasteiger partial charge in [-0.2, -0.15) is 0 Å². The maximum atomic E-state index is 5.81. The molecule has 0 spiro atoms. The van der Waals surface area contributed by atoms with Crippen LogP contribution in [0.1, 0.15) is 0 Å². The van der Waals surface area contributed by atoms with Crippen molar-refractivity contribution in [1.29, 1.82) is 0 Å². The Bertz CT molecular complexity index is 490. The van der Waals surface area contributed by atoms with E-state index in [0.717, 1.165) is 15.7 Å². The van der Waals surface area contributed by atoms with Crippen LogP contribution in [-0.4, -0.2) is 17.1 Å². The van der Waals surface area contributed by atoms with E-state index in [1.165, 1.54) is 11.8 Å². The minimum absolute atomic E-state index is 0.639. The van der Waals surface area contributed by atoms with Crippen LogP contribution in [0.5, 0.6) is 5.75 Å². The van der Waals surface area contributed by atoms with Crippen LogP contribution in [0.25, 0.3) is 0 Å². The highest BCUT2D eigenvalue weighted by Crippen LogP contribution is 2.35. The second kappa shape index (κ2) is 4.85. The van der Waals surface area contributed by atoms with Crippen LogP contribution in [0.2, 0.25) is 0 Å². The maximum Gasteiger partial charge on any atom is 0.151 e. The minimum Gasteiger partial charge on any atom is -0.494 e. The Morgan fingerprint density at radius 1 is 1.31 bits per heavy atom. The molecule has 4 nitrogen and oxygen atoms in total. The monoisotopic (exact) mass is 233 g/mol. The fraction of sp³-hybridized carbons (Fsp3) is 0.0909. The van der Waals surface area contributed by atoms with E-state index in [9.17, 15) is 0 Å². The van der Waals surface area contributed by atoms with Gasteiger partial charge in [0.2, 0.25) is 0 Å². The highest BCUT2D eigenvalue weighted by Gasteiger charge is 2.07. The Hall–Kier alpha value is -1.75. The molecule has 0 atom stereocenters. The predicted octanol–water partition coefficient (Wildman–Crippen LogP) is 2.22. The summed E-state index contributed by atoms with van der Waals surface area (Å²) in [6.45, 7) is 0. The highest BCUT2D eigenvalue weighted by molar-refractivity contribution is 7.99. The number of hydrogen-bond donors (Lipinski definition) is 1. The predicted molar refractivity (Wildman–Crippen MR) is 63.6 cm³/mol. The number of nitrogens with two attached hydrogens (primary N) is 1. The molecule has 0 radical (unpaired) electrons. The minimum atomic E-state index is 0.639. The summed E-state index contributed by atoms with van der Waals surface area (Å²) in [6, 6.07) is 5.56. The molecule has 0 aromatic carbocycles. The highest BCUT2D eigenvalue weighted by atomic mass is 32.2. The molecule has 2 rings (SSSR count). The topological polar surface area (TPSA) is 61.0 Å². The Labute approximate surface area is 97.9 Å². The van der Waals surface area contributed by atoms with Gasteiger partial charge in [0.1, 0.15) is 5.03 Å². The van der Waals surface area contributed by atoms with Gasteiger partial charge in [-0.3, -0.25) is 4.98 Å². The Morgan fingerprint density at radius 3 is 2.94 bits per heavy atom. The average Bonchev–Trinajstić information content (AvgIpc) is 2.33. The van der Waals surface area contributed by atoms with Gasteiger partial charge in [0.05, 0.1) is 19.0 Å². The molecule has 0 aliphatic rings. The van der Waals surface area contributed by atoms with Gasteiger partial charge in [-0.1, -0.05) is 11.8 Å². The summed E-state index contributed by atoms with van der Waals surface area (Å²) in [5.74, 6) is 0.740. The smallest absolute Gasteiger partial charge is 0.151 e. The van der Waals surface area contributed by atoms with Gasteiger partial charge in [-0.25, -0.2) is 4.98 Å². The zero-order valence-corrected chi connectivity index (χ0v) is 9.57. The molecule has 0 saturated heterocycles. The van der Waals surface area contributed by atoms with Crippen LogP contribution < -0.4 is 10.5 Å². The van der Waals surface area contributed by atoms with Crippen molar-refractivity contribution in [3.05, 3.63) is 36.8 Å². The lowest BCUT2D eigenvalue weighted by Crippen LogP contribution is -1.92. The van der Waals surface area contributed by atoms with Crippen LogP contribution >= 0.6 is 11.8 Å². The summed E-state index contributed by atoms with van der Waals surface area (Å²) in [7, 11) is 1.62. The second-order valence-electron chi connectivity index (χ2n) is 3.03. The van der Waals surface area contributed by atoms with Crippen molar-refractivity contribution < 1.29 is 4.74 Å². The number of methoxy groups -OCH3 is 1. The molecule has 0 amide bonds. The number of ether oxygens (including phenoxy) is 1. The maximum absolute atomic E-state index is 5.81. The normalized spacial score (nSPS) is 10.1. The number of anilines is 1. The van der Waals surface area contributed by atoms with Gasteiger partial charge in [0.15, 0.2) is 5.75 Å². The molecule has 0 saturated carbocycles. The molecule has 16 heavy (non-hydrogen) atoms. The Balaban J connectivity index is 2.30. The fourth-order valence-corrected chi connectivity index (χ4v) is 2.07. The van der Waals surface area contributed by atoms with Gasteiger partial charge in [-0.15, -0.1) is 0 Å². The van der Waals surface area contributed by atoms with Crippen molar-refractivity contribution in [1.82, 2.24) is 9.97 Å². The van der Waals surface area contributed by atoms with Gasteiger partial charge in [0.25, 0.3) is 0 Å². The molecule has 0 aliphatic heterocycles. The summed E-state index contributed by atoms with van der Waals surface area (Å²) < 4.78 is 5.22. The van der Waals surface area contributed by atoms with E-state index in [2.05, 4.69) is 9.97 Å². The van der Waals surface area contributed by atoms with Gasteiger partial charge < -0.3 is 10.5 Å². The zero-order valence-electron chi connectivity index (χ0n) is 8.75. The summed E-state index contributed by atoms with van der Waals surface area (Å²) in [6.07, 6.45) is 5.05. The van der Waals surface area contributed by atoms with Crippen molar-refractivity contribution in [2.75, 3.05) is 12.8 Å². The first-order chi connectivity index (χ1) is 7.81. The number of pyridine rings is 2. The Morgan fingerprint density at radius 2 is 2.19 bits per heavy atom. The van der Waals surface area contributed by atoms with Crippen molar-refractivity contribution in [3.63, 3.8) is 0 Å². The lowest BCUT2D eigenvalue weighted by Gasteiger charge is -2.07. The first kappa shape index (κ1) is 10.8. The van der Waals surface area contributed by atoms with Crippen molar-refractivity contribution >= 4 is 17.4 Å². The number of hydrogen-bond acceptors (Lipinski definition) is 5. The third-order valence-corrected chi connectivity index (χ3v) is 3.06. The molecule has 0 aliphatic carbocycles. The molecule has 82 valence electrons. The second-order valence-corrected chi connectivity index (χ2v) is 4.06. The molecule has 5 heteroatoms. The van der Waals surface area contributed by atoms with Crippen LogP contribution in [0.15, 0.2) is 46.7 Å². The van der Waals surface area contributed by atoms with E-state index in [4.69, 9.17) is 10.5 Å².